The molecule has 4 nitrogen and oxygen atoms in total. The average Bonchev–Trinajstić information content (AvgIpc) is 2.35. The molecule has 1 heterocycles. The van der Waals surface area contributed by atoms with E-state index in [9.17, 15) is 4.79 Å². The molecule has 0 fully saturated rings. The normalized spacial score (nSPS) is 14.3. The second kappa shape index (κ2) is 5.31. The van der Waals surface area contributed by atoms with E-state index in [1.807, 2.05) is 23.9 Å². The Bertz CT molecular complexity index is 422. The molecule has 0 radical (unpaired) electrons. The van der Waals surface area contributed by atoms with Crippen LogP contribution in [0, 0.1) is 0 Å². The van der Waals surface area contributed by atoms with E-state index in [0.717, 1.165) is 30.2 Å². The molecule has 1 aromatic carbocycles. The molecule has 17 heavy (non-hydrogen) atoms. The highest BCUT2D eigenvalue weighted by Crippen LogP contribution is 2.35. The number of hydrogen-bond acceptors (Lipinski definition) is 4. The molecule has 0 unspecified atom stereocenters. The number of anilines is 2. The fourth-order valence-electron chi connectivity index (χ4n) is 1.88. The van der Waals surface area contributed by atoms with Crippen LogP contribution in [0.1, 0.15) is 6.42 Å². The van der Waals surface area contributed by atoms with E-state index in [4.69, 9.17) is 5.73 Å². The third-order valence-corrected chi connectivity index (χ3v) is 3.87. The molecule has 0 atom stereocenters. The van der Waals surface area contributed by atoms with E-state index in [2.05, 4.69) is 16.3 Å². The summed E-state index contributed by atoms with van der Waals surface area (Å²) in [5.74, 6) is 1.14. The number of nitrogen functional groups attached to an aromatic ring is 1. The van der Waals surface area contributed by atoms with E-state index in [1.54, 1.807) is 7.05 Å². The van der Waals surface area contributed by atoms with Gasteiger partial charge >= 0.3 is 0 Å². The lowest BCUT2D eigenvalue weighted by Gasteiger charge is -2.30. The maximum Gasteiger partial charge on any atom is 0.221 e. The number of fused-ring (bicyclic) bond motifs is 1. The minimum atomic E-state index is 0.0775. The monoisotopic (exact) mass is 251 g/mol. The number of benzene rings is 1. The summed E-state index contributed by atoms with van der Waals surface area (Å²) in [7, 11) is 1.67. The van der Waals surface area contributed by atoms with Crippen LogP contribution in [0.3, 0.4) is 0 Å². The van der Waals surface area contributed by atoms with Gasteiger partial charge in [0.25, 0.3) is 0 Å². The molecular formula is C12H17N3OS. The van der Waals surface area contributed by atoms with Crippen molar-refractivity contribution in [1.29, 1.82) is 0 Å². The van der Waals surface area contributed by atoms with Gasteiger partial charge in [-0.15, -0.1) is 11.8 Å². The molecule has 2 rings (SSSR count). The third kappa shape index (κ3) is 2.85. The number of carbonyl (C=O) groups excluding carboxylic acids is 1. The van der Waals surface area contributed by atoms with Gasteiger partial charge in [-0.25, -0.2) is 0 Å². The lowest BCUT2D eigenvalue weighted by atomic mass is 10.2. The van der Waals surface area contributed by atoms with Crippen molar-refractivity contribution in [2.75, 3.05) is 36.5 Å². The van der Waals surface area contributed by atoms with Crippen LogP contribution >= 0.6 is 11.8 Å². The maximum absolute atomic E-state index is 11.3. The van der Waals surface area contributed by atoms with E-state index in [1.165, 1.54) is 4.90 Å². The SMILES string of the molecule is CNC(=O)CCN1CCSc2ccc(N)cc21. The predicted octanol–water partition coefficient (Wildman–Crippen LogP) is 1.32. The number of hydrogen-bond donors (Lipinski definition) is 2. The fraction of sp³-hybridized carbons (Fsp3) is 0.417. The molecule has 1 aliphatic rings. The highest BCUT2D eigenvalue weighted by molar-refractivity contribution is 7.99. The lowest BCUT2D eigenvalue weighted by molar-refractivity contribution is -0.120. The first kappa shape index (κ1) is 12.1. The number of amides is 1. The van der Waals surface area contributed by atoms with Crippen molar-refractivity contribution in [1.82, 2.24) is 5.32 Å². The first-order chi connectivity index (χ1) is 8.20. The molecular weight excluding hydrogens is 234 g/mol. The summed E-state index contributed by atoms with van der Waals surface area (Å²) in [6.45, 7) is 1.72. The Morgan fingerprint density at radius 3 is 3.18 bits per heavy atom. The second-order valence-electron chi connectivity index (χ2n) is 3.99. The molecule has 0 saturated carbocycles. The Hall–Kier alpha value is -1.36. The van der Waals surface area contributed by atoms with Crippen molar-refractivity contribution in [2.24, 2.45) is 0 Å². The van der Waals surface area contributed by atoms with Crippen molar-refractivity contribution in [3.8, 4) is 0 Å². The number of rotatable bonds is 3. The van der Waals surface area contributed by atoms with Crippen LogP contribution in [0.4, 0.5) is 11.4 Å². The maximum atomic E-state index is 11.3. The number of thioether (sulfide) groups is 1. The minimum Gasteiger partial charge on any atom is -0.399 e. The number of nitrogens with zero attached hydrogens (tertiary/aromatic N) is 1. The molecule has 3 N–H and O–H groups in total. The van der Waals surface area contributed by atoms with Gasteiger partial charge in [0.2, 0.25) is 5.91 Å². The summed E-state index contributed by atoms with van der Waals surface area (Å²) >= 11 is 1.84. The molecule has 5 heteroatoms. The van der Waals surface area contributed by atoms with E-state index in [0.29, 0.717) is 6.42 Å². The quantitative estimate of drug-likeness (QED) is 0.795. The average molecular weight is 251 g/mol. The van der Waals surface area contributed by atoms with Gasteiger partial charge in [0.05, 0.1) is 5.69 Å². The highest BCUT2D eigenvalue weighted by Gasteiger charge is 2.17. The highest BCUT2D eigenvalue weighted by atomic mass is 32.2. The number of carbonyl (C=O) groups is 1. The van der Waals surface area contributed by atoms with Gasteiger partial charge in [-0.2, -0.15) is 0 Å². The van der Waals surface area contributed by atoms with Crippen molar-refractivity contribution in [2.45, 2.75) is 11.3 Å². The standard InChI is InChI=1S/C12H17N3OS/c1-14-12(16)4-5-15-6-7-17-11-3-2-9(13)8-10(11)15/h2-3,8H,4-7,13H2,1H3,(H,14,16). The first-order valence-corrected chi connectivity index (χ1v) is 6.67. The summed E-state index contributed by atoms with van der Waals surface area (Å²) in [4.78, 5) is 14.8. The largest absolute Gasteiger partial charge is 0.399 e. The molecule has 0 bridgehead atoms. The van der Waals surface area contributed by atoms with Crippen LogP contribution in [0.5, 0.6) is 0 Å². The fourth-order valence-corrected chi connectivity index (χ4v) is 2.92. The van der Waals surface area contributed by atoms with Crippen molar-refractivity contribution >= 4 is 29.0 Å². The second-order valence-corrected chi connectivity index (χ2v) is 5.12. The van der Waals surface area contributed by atoms with Crippen LogP contribution in [0.15, 0.2) is 23.1 Å². The summed E-state index contributed by atoms with van der Waals surface area (Å²) in [6, 6.07) is 5.97. The number of nitrogens with two attached hydrogens (primary N) is 1. The molecule has 0 aliphatic carbocycles. The molecule has 92 valence electrons. The van der Waals surface area contributed by atoms with Gasteiger partial charge in [-0.1, -0.05) is 0 Å². The third-order valence-electron chi connectivity index (χ3n) is 2.83. The topological polar surface area (TPSA) is 58.4 Å². The molecule has 0 aromatic heterocycles. The van der Waals surface area contributed by atoms with Gasteiger partial charge in [0.15, 0.2) is 0 Å². The summed E-state index contributed by atoms with van der Waals surface area (Å²) in [5.41, 5.74) is 7.74. The molecule has 0 saturated heterocycles. The smallest absolute Gasteiger partial charge is 0.221 e. The zero-order valence-corrected chi connectivity index (χ0v) is 10.7. The predicted molar refractivity (Wildman–Crippen MR) is 72.5 cm³/mol. The summed E-state index contributed by atoms with van der Waals surface area (Å²) in [6.07, 6.45) is 0.523. The van der Waals surface area contributed by atoms with Gasteiger partial charge in [0, 0.05) is 42.9 Å². The number of nitrogens with one attached hydrogen (secondary N) is 1. The molecule has 1 aromatic rings. The van der Waals surface area contributed by atoms with Gasteiger partial charge in [0.1, 0.15) is 0 Å². The molecule has 1 aliphatic heterocycles. The Morgan fingerprint density at radius 2 is 2.41 bits per heavy atom. The van der Waals surface area contributed by atoms with E-state index >= 15 is 0 Å². The van der Waals surface area contributed by atoms with Crippen molar-refractivity contribution < 1.29 is 4.79 Å². The Kier molecular flexibility index (Phi) is 3.78. The van der Waals surface area contributed by atoms with Crippen LogP contribution in [-0.4, -0.2) is 31.8 Å². The Morgan fingerprint density at radius 1 is 1.59 bits per heavy atom. The minimum absolute atomic E-state index is 0.0775. The van der Waals surface area contributed by atoms with Crippen molar-refractivity contribution in [3.05, 3.63) is 18.2 Å². The van der Waals surface area contributed by atoms with E-state index in [-0.39, 0.29) is 5.91 Å². The van der Waals surface area contributed by atoms with Gasteiger partial charge in [-0.3, -0.25) is 4.79 Å². The van der Waals surface area contributed by atoms with Crippen LogP contribution < -0.4 is 16.0 Å². The first-order valence-electron chi connectivity index (χ1n) is 5.68. The van der Waals surface area contributed by atoms with Crippen LogP contribution in [-0.2, 0) is 4.79 Å². The molecule has 1 amide bonds. The van der Waals surface area contributed by atoms with E-state index < -0.39 is 0 Å². The zero-order chi connectivity index (χ0) is 12.3. The summed E-state index contributed by atoms with van der Waals surface area (Å²) in [5, 5.41) is 2.64. The zero-order valence-electron chi connectivity index (χ0n) is 9.90. The Balaban J connectivity index is 2.11. The summed E-state index contributed by atoms with van der Waals surface area (Å²) < 4.78 is 0. The van der Waals surface area contributed by atoms with Crippen LogP contribution in [0.25, 0.3) is 0 Å². The lowest BCUT2D eigenvalue weighted by Crippen LogP contribution is -2.33. The van der Waals surface area contributed by atoms with Crippen molar-refractivity contribution in [3.63, 3.8) is 0 Å². The molecule has 0 spiro atoms. The van der Waals surface area contributed by atoms with Crippen LogP contribution in [0.2, 0.25) is 0 Å². The van der Waals surface area contributed by atoms with Gasteiger partial charge in [-0.05, 0) is 18.2 Å². The van der Waals surface area contributed by atoms with Gasteiger partial charge < -0.3 is 16.0 Å². The Labute approximate surface area is 106 Å².